The van der Waals surface area contributed by atoms with E-state index in [9.17, 15) is 18.5 Å². The van der Waals surface area contributed by atoms with Crippen molar-refractivity contribution in [2.75, 3.05) is 0 Å². The third kappa shape index (κ3) is 5.10. The summed E-state index contributed by atoms with van der Waals surface area (Å²) in [7, 11) is -3.75. The van der Waals surface area contributed by atoms with Crippen molar-refractivity contribution in [3.63, 3.8) is 0 Å². The largest absolute Gasteiger partial charge is 0.304 e. The minimum atomic E-state index is -3.75. The quantitative estimate of drug-likeness (QED) is 0.316. The maximum Gasteiger partial charge on any atom is 0.251 e. The van der Waals surface area contributed by atoms with Gasteiger partial charge in [0.1, 0.15) is 0 Å². The summed E-state index contributed by atoms with van der Waals surface area (Å²) in [6, 6.07) is 29.5. The monoisotopic (exact) mass is 521 g/mol. The number of benzene rings is 4. The number of nitriles is 1. The number of fused-ring (bicyclic) bond motifs is 2. The van der Waals surface area contributed by atoms with Gasteiger partial charge in [-0.05, 0) is 90.5 Å². The van der Waals surface area contributed by atoms with E-state index < -0.39 is 15.6 Å². The molecule has 0 saturated carbocycles. The summed E-state index contributed by atoms with van der Waals surface area (Å²) < 4.78 is 30.8. The van der Waals surface area contributed by atoms with Gasteiger partial charge in [-0.15, -0.1) is 0 Å². The minimum absolute atomic E-state index is 0.131. The van der Waals surface area contributed by atoms with E-state index >= 15 is 0 Å². The van der Waals surface area contributed by atoms with Crippen molar-refractivity contribution in [1.82, 2.24) is 9.29 Å². The highest BCUT2D eigenvalue weighted by Gasteiger charge is 2.25. The van der Waals surface area contributed by atoms with E-state index in [-0.39, 0.29) is 10.5 Å². The van der Waals surface area contributed by atoms with Crippen LogP contribution in [-0.4, -0.2) is 18.5 Å². The number of nitrogens with zero attached hydrogens (tertiary/aromatic N) is 2. The van der Waals surface area contributed by atoms with Crippen molar-refractivity contribution in [1.29, 1.82) is 5.26 Å². The Morgan fingerprint density at radius 3 is 2.34 bits per heavy atom. The first-order chi connectivity index (χ1) is 18.0. The van der Waals surface area contributed by atoms with Crippen LogP contribution < -0.4 is 10.3 Å². The first-order valence-corrected chi connectivity index (χ1v) is 13.7. The standard InChI is InChI=1S/C31H27N3O3S/c1-31(2,3)33-38(36,37)29-7-5-4-6-27(29)24-12-14-28-25(18-24)13-15-30(35)34(28)20-22-9-11-23-10-8-21(19-32)16-26(23)17-22/h4-18,33H,20H2,1-3H3. The molecule has 0 spiro atoms. The smallest absolute Gasteiger partial charge is 0.251 e. The molecule has 1 heterocycles. The number of hydrogen-bond acceptors (Lipinski definition) is 4. The molecular formula is C31H27N3O3S. The third-order valence-corrected chi connectivity index (χ3v) is 8.11. The summed E-state index contributed by atoms with van der Waals surface area (Å²) in [5.41, 5.74) is 2.86. The highest BCUT2D eigenvalue weighted by molar-refractivity contribution is 7.89. The van der Waals surface area contributed by atoms with E-state index in [4.69, 9.17) is 0 Å². The fourth-order valence-corrected chi connectivity index (χ4v) is 6.33. The van der Waals surface area contributed by atoms with Gasteiger partial charge < -0.3 is 4.57 Å². The lowest BCUT2D eigenvalue weighted by molar-refractivity contribution is 0.491. The Morgan fingerprint density at radius 2 is 1.58 bits per heavy atom. The van der Waals surface area contributed by atoms with E-state index in [1.165, 1.54) is 6.07 Å². The number of aromatic nitrogens is 1. The van der Waals surface area contributed by atoms with Crippen LogP contribution in [0.5, 0.6) is 0 Å². The highest BCUT2D eigenvalue weighted by Crippen LogP contribution is 2.30. The zero-order valence-electron chi connectivity index (χ0n) is 21.4. The first-order valence-electron chi connectivity index (χ1n) is 12.2. The predicted molar refractivity (Wildman–Crippen MR) is 151 cm³/mol. The van der Waals surface area contributed by atoms with Crippen LogP contribution in [0.25, 0.3) is 32.8 Å². The minimum Gasteiger partial charge on any atom is -0.304 e. The SMILES string of the molecule is CC(C)(C)NS(=O)(=O)c1ccccc1-c1ccc2c(ccc(=O)n2Cc2ccc3ccc(C#N)cc3c2)c1. The summed E-state index contributed by atoms with van der Waals surface area (Å²) in [6.07, 6.45) is 0. The lowest BCUT2D eigenvalue weighted by Gasteiger charge is -2.21. The molecule has 7 heteroatoms. The van der Waals surface area contributed by atoms with Crippen molar-refractivity contribution < 1.29 is 8.42 Å². The molecule has 0 amide bonds. The van der Waals surface area contributed by atoms with Crippen molar-refractivity contribution in [3.05, 3.63) is 112 Å². The van der Waals surface area contributed by atoms with Crippen LogP contribution in [0.1, 0.15) is 31.9 Å². The fraction of sp³-hybridized carbons (Fsp3) is 0.161. The van der Waals surface area contributed by atoms with Gasteiger partial charge in [0.15, 0.2) is 0 Å². The Hall–Kier alpha value is -4.25. The number of pyridine rings is 1. The number of nitrogens with one attached hydrogen (secondary N) is 1. The van der Waals surface area contributed by atoms with Gasteiger partial charge in [-0.25, -0.2) is 13.1 Å². The molecule has 0 unspecified atom stereocenters. The Balaban J connectivity index is 1.57. The summed E-state index contributed by atoms with van der Waals surface area (Å²) in [5.74, 6) is 0. The second-order valence-corrected chi connectivity index (χ2v) is 12.0. The fourth-order valence-electron chi connectivity index (χ4n) is 4.68. The summed E-state index contributed by atoms with van der Waals surface area (Å²) in [5, 5.41) is 12.0. The van der Waals surface area contributed by atoms with Crippen molar-refractivity contribution in [2.45, 2.75) is 37.8 Å². The molecule has 0 saturated heterocycles. The van der Waals surface area contributed by atoms with Crippen LogP contribution in [-0.2, 0) is 16.6 Å². The predicted octanol–water partition coefficient (Wildman–Crippen LogP) is 5.82. The van der Waals surface area contributed by atoms with Crippen molar-refractivity contribution in [3.8, 4) is 17.2 Å². The van der Waals surface area contributed by atoms with Gasteiger partial charge in [0.05, 0.1) is 28.6 Å². The zero-order chi connectivity index (χ0) is 27.1. The van der Waals surface area contributed by atoms with Gasteiger partial charge in [-0.1, -0.05) is 42.5 Å². The van der Waals surface area contributed by atoms with Gasteiger partial charge in [0.25, 0.3) is 5.56 Å². The second-order valence-electron chi connectivity index (χ2n) is 10.4. The average Bonchev–Trinajstić information content (AvgIpc) is 2.88. The zero-order valence-corrected chi connectivity index (χ0v) is 22.2. The molecule has 38 heavy (non-hydrogen) atoms. The van der Waals surface area contributed by atoms with E-state index in [2.05, 4.69) is 10.8 Å². The lowest BCUT2D eigenvalue weighted by Crippen LogP contribution is -2.40. The number of hydrogen-bond donors (Lipinski definition) is 1. The van der Waals surface area contributed by atoms with Crippen LogP contribution in [0.15, 0.2) is 101 Å². The normalized spacial score (nSPS) is 12.1. The topological polar surface area (TPSA) is 92.0 Å². The molecule has 0 aliphatic rings. The van der Waals surface area contributed by atoms with Crippen LogP contribution in [0, 0.1) is 11.3 Å². The summed E-state index contributed by atoms with van der Waals surface area (Å²) in [6.45, 7) is 5.78. The van der Waals surface area contributed by atoms with Gasteiger partial charge in [-0.3, -0.25) is 4.79 Å². The van der Waals surface area contributed by atoms with Crippen LogP contribution in [0.3, 0.4) is 0 Å². The molecule has 0 aliphatic carbocycles. The van der Waals surface area contributed by atoms with Gasteiger partial charge in [0.2, 0.25) is 10.0 Å². The third-order valence-electron chi connectivity index (χ3n) is 6.29. The molecule has 5 rings (SSSR count). The molecule has 5 aromatic rings. The molecule has 0 aliphatic heterocycles. The lowest BCUT2D eigenvalue weighted by atomic mass is 10.0. The van der Waals surface area contributed by atoms with Gasteiger partial charge in [-0.2, -0.15) is 5.26 Å². The van der Waals surface area contributed by atoms with Gasteiger partial charge in [0, 0.05) is 17.2 Å². The van der Waals surface area contributed by atoms with Crippen LogP contribution >= 0.6 is 0 Å². The average molecular weight is 522 g/mol. The molecule has 6 nitrogen and oxygen atoms in total. The van der Waals surface area contributed by atoms with E-state index in [1.54, 1.807) is 55.7 Å². The molecule has 0 atom stereocenters. The van der Waals surface area contributed by atoms with E-state index in [0.717, 1.165) is 32.8 Å². The highest BCUT2D eigenvalue weighted by atomic mass is 32.2. The first kappa shape index (κ1) is 25.4. The van der Waals surface area contributed by atoms with Gasteiger partial charge >= 0.3 is 0 Å². The Bertz CT molecular complexity index is 1910. The Morgan fingerprint density at radius 1 is 0.842 bits per heavy atom. The second kappa shape index (κ2) is 9.56. The maximum atomic E-state index is 13.2. The summed E-state index contributed by atoms with van der Waals surface area (Å²) in [4.78, 5) is 13.1. The van der Waals surface area contributed by atoms with E-state index in [0.29, 0.717) is 17.7 Å². The van der Waals surface area contributed by atoms with Crippen LogP contribution in [0.4, 0.5) is 0 Å². The molecule has 1 aromatic heterocycles. The maximum absolute atomic E-state index is 13.2. The Labute approximate surface area is 221 Å². The molecule has 1 N–H and O–H groups in total. The molecule has 190 valence electrons. The molecular weight excluding hydrogens is 494 g/mol. The molecule has 0 radical (unpaired) electrons. The van der Waals surface area contributed by atoms with Crippen molar-refractivity contribution >= 4 is 31.7 Å². The Kier molecular flexibility index (Phi) is 6.39. The molecule has 0 fully saturated rings. The van der Waals surface area contributed by atoms with Crippen LogP contribution in [0.2, 0.25) is 0 Å². The van der Waals surface area contributed by atoms with E-state index in [1.807, 2.05) is 54.6 Å². The summed E-state index contributed by atoms with van der Waals surface area (Å²) >= 11 is 0. The number of sulfonamides is 1. The molecule has 0 bridgehead atoms. The van der Waals surface area contributed by atoms with Crippen molar-refractivity contribution in [2.24, 2.45) is 0 Å². The number of rotatable bonds is 5. The molecule has 4 aromatic carbocycles.